The fourth-order valence-corrected chi connectivity index (χ4v) is 3.76. The number of carbonyl (C=O) groups is 1. The third-order valence-electron chi connectivity index (χ3n) is 5.11. The summed E-state index contributed by atoms with van der Waals surface area (Å²) in [6, 6.07) is 11.7. The third kappa shape index (κ3) is 4.13. The summed E-state index contributed by atoms with van der Waals surface area (Å²) in [7, 11) is 0. The molecular formula is C20H20F3N3O2. The van der Waals surface area contributed by atoms with Gasteiger partial charge in [0, 0.05) is 30.4 Å². The highest BCUT2D eigenvalue weighted by Crippen LogP contribution is 2.34. The smallest absolute Gasteiger partial charge is 0.372 e. The predicted octanol–water partition coefficient (Wildman–Crippen LogP) is 4.02. The molecule has 3 N–H and O–H groups in total. The molecule has 2 aliphatic heterocycles. The van der Waals surface area contributed by atoms with Gasteiger partial charge in [0.05, 0.1) is 17.8 Å². The van der Waals surface area contributed by atoms with Crippen LogP contribution in [0.15, 0.2) is 48.5 Å². The zero-order chi connectivity index (χ0) is 19.8. The first kappa shape index (κ1) is 18.8. The molecule has 0 radical (unpaired) electrons. The maximum absolute atomic E-state index is 12.7. The Balaban J connectivity index is 1.35. The fraction of sp³-hybridized carbons (Fsp3) is 0.350. The van der Waals surface area contributed by atoms with Crippen molar-refractivity contribution in [1.29, 1.82) is 0 Å². The van der Waals surface area contributed by atoms with Gasteiger partial charge in [-0.2, -0.15) is 13.2 Å². The third-order valence-corrected chi connectivity index (χ3v) is 5.11. The highest BCUT2D eigenvalue weighted by atomic mass is 19.4. The van der Waals surface area contributed by atoms with E-state index in [1.165, 1.54) is 12.1 Å². The van der Waals surface area contributed by atoms with Crippen LogP contribution in [0, 0.1) is 0 Å². The van der Waals surface area contributed by atoms with Gasteiger partial charge in [0.25, 0.3) is 0 Å². The maximum atomic E-state index is 12.7. The molecule has 2 atom stereocenters. The Morgan fingerprint density at radius 3 is 2.50 bits per heavy atom. The van der Waals surface area contributed by atoms with Crippen LogP contribution in [-0.4, -0.2) is 30.8 Å². The molecule has 8 heteroatoms. The Kier molecular flexibility index (Phi) is 4.76. The topological polar surface area (TPSA) is 62.4 Å². The first-order valence-electron chi connectivity index (χ1n) is 9.03. The van der Waals surface area contributed by atoms with Crippen molar-refractivity contribution in [3.8, 4) is 0 Å². The number of benzene rings is 2. The van der Waals surface area contributed by atoms with E-state index in [4.69, 9.17) is 4.74 Å². The predicted molar refractivity (Wildman–Crippen MR) is 99.3 cm³/mol. The van der Waals surface area contributed by atoms with Crippen LogP contribution in [0.3, 0.4) is 0 Å². The lowest BCUT2D eigenvalue weighted by Gasteiger charge is -2.26. The summed E-state index contributed by atoms with van der Waals surface area (Å²) in [6.45, 7) is 1.59. The molecule has 2 aromatic rings. The Hall–Kier alpha value is -2.58. The van der Waals surface area contributed by atoms with Crippen LogP contribution in [0.1, 0.15) is 17.5 Å². The number of alkyl halides is 3. The normalized spacial score (nSPS) is 23.6. The summed E-state index contributed by atoms with van der Waals surface area (Å²) in [6.07, 6.45) is -2.65. The first-order valence-corrected chi connectivity index (χ1v) is 9.03. The molecule has 0 saturated carbocycles. The van der Waals surface area contributed by atoms with Crippen molar-refractivity contribution >= 4 is 17.4 Å². The SMILES string of the molecule is O=C(Nc1ccc(C[C@@]23CNC(CO2)C3)cc1)Nc1cccc(C(F)(F)F)c1. The number of carbonyl (C=O) groups excluding carboxylic acids is 1. The van der Waals surface area contributed by atoms with E-state index in [2.05, 4.69) is 16.0 Å². The molecule has 28 heavy (non-hydrogen) atoms. The number of nitrogens with one attached hydrogen (secondary N) is 3. The van der Waals surface area contributed by atoms with E-state index in [-0.39, 0.29) is 11.3 Å². The van der Waals surface area contributed by atoms with E-state index in [1.807, 2.05) is 12.1 Å². The first-order chi connectivity index (χ1) is 13.3. The number of halogens is 3. The molecule has 2 bridgehead atoms. The second-order valence-corrected chi connectivity index (χ2v) is 7.31. The molecule has 4 rings (SSSR count). The molecular weight excluding hydrogens is 371 g/mol. The molecule has 2 amide bonds. The molecule has 1 unspecified atom stereocenters. The number of anilines is 2. The van der Waals surface area contributed by atoms with Crippen molar-refractivity contribution < 1.29 is 22.7 Å². The Morgan fingerprint density at radius 2 is 1.89 bits per heavy atom. The number of ether oxygens (including phenoxy) is 1. The fourth-order valence-electron chi connectivity index (χ4n) is 3.76. The maximum Gasteiger partial charge on any atom is 0.416 e. The zero-order valence-electron chi connectivity index (χ0n) is 15.0. The van der Waals surface area contributed by atoms with Crippen LogP contribution in [0.2, 0.25) is 0 Å². The summed E-state index contributed by atoms with van der Waals surface area (Å²) in [5.74, 6) is 0. The molecule has 2 aromatic carbocycles. The van der Waals surface area contributed by atoms with Crippen LogP contribution >= 0.6 is 0 Å². The van der Waals surface area contributed by atoms with Gasteiger partial charge in [-0.15, -0.1) is 0 Å². The van der Waals surface area contributed by atoms with Crippen molar-refractivity contribution in [2.24, 2.45) is 0 Å². The molecule has 5 nitrogen and oxygen atoms in total. The van der Waals surface area contributed by atoms with E-state index < -0.39 is 17.8 Å². The molecule has 148 valence electrons. The summed E-state index contributed by atoms with van der Waals surface area (Å²) in [4.78, 5) is 12.1. The number of hydrogen-bond donors (Lipinski definition) is 3. The van der Waals surface area contributed by atoms with Gasteiger partial charge in [0.15, 0.2) is 0 Å². The average Bonchev–Trinajstić information content (AvgIpc) is 3.23. The van der Waals surface area contributed by atoms with Crippen LogP contribution < -0.4 is 16.0 Å². The van der Waals surface area contributed by atoms with Gasteiger partial charge in [0.1, 0.15) is 0 Å². The summed E-state index contributed by atoms with van der Waals surface area (Å²) in [5.41, 5.74) is 0.783. The van der Waals surface area contributed by atoms with Crippen molar-refractivity contribution in [2.45, 2.75) is 30.7 Å². The molecule has 2 fully saturated rings. The minimum absolute atomic E-state index is 0.0738. The van der Waals surface area contributed by atoms with Gasteiger partial charge in [-0.3, -0.25) is 0 Å². The number of morpholine rings is 1. The number of fused-ring (bicyclic) bond motifs is 2. The van der Waals surface area contributed by atoms with E-state index in [1.54, 1.807) is 12.1 Å². The standard InChI is InChI=1S/C20H20F3N3O2/c21-20(22,23)14-2-1-3-16(8-14)26-18(27)25-15-6-4-13(5-7-15)9-19-10-17(11-28-19)24-12-19/h1-8,17,24H,9-12H2,(H2,25,26,27)/t17?,19-/m1/s1. The Bertz CT molecular complexity index is 860. The number of amides is 2. The highest BCUT2D eigenvalue weighted by molar-refractivity contribution is 5.99. The van der Waals surface area contributed by atoms with E-state index in [0.29, 0.717) is 11.7 Å². The second kappa shape index (κ2) is 7.10. The molecule has 2 saturated heterocycles. The van der Waals surface area contributed by atoms with E-state index in [9.17, 15) is 18.0 Å². The molecule has 2 heterocycles. The van der Waals surface area contributed by atoms with Crippen LogP contribution in [-0.2, 0) is 17.3 Å². The number of rotatable bonds is 4. The number of urea groups is 1. The van der Waals surface area contributed by atoms with Gasteiger partial charge in [0.2, 0.25) is 0 Å². The Labute approximate surface area is 160 Å². The summed E-state index contributed by atoms with van der Waals surface area (Å²) in [5, 5.41) is 8.48. The van der Waals surface area contributed by atoms with E-state index in [0.717, 1.165) is 43.7 Å². The second-order valence-electron chi connectivity index (χ2n) is 7.31. The summed E-state index contributed by atoms with van der Waals surface area (Å²) >= 11 is 0. The minimum Gasteiger partial charge on any atom is -0.372 e. The largest absolute Gasteiger partial charge is 0.416 e. The lowest BCUT2D eigenvalue weighted by atomic mass is 9.93. The average molecular weight is 391 g/mol. The molecule has 0 aliphatic carbocycles. The van der Waals surface area contributed by atoms with Crippen molar-refractivity contribution in [3.63, 3.8) is 0 Å². The van der Waals surface area contributed by atoms with Crippen molar-refractivity contribution in [2.75, 3.05) is 23.8 Å². The van der Waals surface area contributed by atoms with E-state index >= 15 is 0 Å². The minimum atomic E-state index is -4.46. The number of hydrogen-bond acceptors (Lipinski definition) is 3. The quantitative estimate of drug-likeness (QED) is 0.738. The molecule has 0 aromatic heterocycles. The molecule has 0 spiro atoms. The van der Waals surface area contributed by atoms with Crippen LogP contribution in [0.25, 0.3) is 0 Å². The Morgan fingerprint density at radius 1 is 1.14 bits per heavy atom. The summed E-state index contributed by atoms with van der Waals surface area (Å²) < 4.78 is 44.2. The zero-order valence-corrected chi connectivity index (χ0v) is 15.0. The van der Waals surface area contributed by atoms with Crippen LogP contribution in [0.5, 0.6) is 0 Å². The van der Waals surface area contributed by atoms with Gasteiger partial charge in [-0.1, -0.05) is 18.2 Å². The lowest BCUT2D eigenvalue weighted by Crippen LogP contribution is -2.40. The molecule has 2 aliphatic rings. The van der Waals surface area contributed by atoms with Gasteiger partial charge >= 0.3 is 12.2 Å². The van der Waals surface area contributed by atoms with Gasteiger partial charge < -0.3 is 20.7 Å². The van der Waals surface area contributed by atoms with Crippen molar-refractivity contribution in [3.05, 3.63) is 59.7 Å². The monoisotopic (exact) mass is 391 g/mol. The lowest BCUT2D eigenvalue weighted by molar-refractivity contribution is -0.137. The van der Waals surface area contributed by atoms with Crippen molar-refractivity contribution in [1.82, 2.24) is 5.32 Å². The highest BCUT2D eigenvalue weighted by Gasteiger charge is 2.45. The van der Waals surface area contributed by atoms with Gasteiger partial charge in [-0.25, -0.2) is 4.79 Å². The van der Waals surface area contributed by atoms with Crippen LogP contribution in [0.4, 0.5) is 29.3 Å². The van der Waals surface area contributed by atoms with Gasteiger partial charge in [-0.05, 0) is 42.3 Å².